The largest absolute Gasteiger partial charge is 0.493 e. The van der Waals surface area contributed by atoms with E-state index in [4.69, 9.17) is 37.4 Å². The third-order valence-electron chi connectivity index (χ3n) is 7.16. The van der Waals surface area contributed by atoms with Crippen LogP contribution in [0.15, 0.2) is 63.5 Å². The number of carbonyl (C=O) groups is 1. The number of nitrogens with zero attached hydrogens (tertiary/aromatic N) is 3. The van der Waals surface area contributed by atoms with Crippen molar-refractivity contribution in [2.75, 3.05) is 20.8 Å². The molecule has 4 aromatic rings. The van der Waals surface area contributed by atoms with Gasteiger partial charge in [0.2, 0.25) is 0 Å². The molecule has 11 heteroatoms. The number of hydrogen-bond acceptors (Lipinski definition) is 7. The second kappa shape index (κ2) is 11.8. The number of rotatable bonds is 7. The Morgan fingerprint density at radius 3 is 2.43 bits per heavy atom. The van der Waals surface area contributed by atoms with E-state index in [1.165, 1.54) is 18.4 Å². The van der Waals surface area contributed by atoms with Gasteiger partial charge in [0.1, 0.15) is 0 Å². The number of aromatic nitrogens is 2. The highest BCUT2D eigenvalue weighted by Crippen LogP contribution is 2.36. The molecule has 1 aliphatic heterocycles. The zero-order valence-electron chi connectivity index (χ0n) is 24.0. The van der Waals surface area contributed by atoms with Crippen molar-refractivity contribution in [2.45, 2.75) is 33.7 Å². The quantitative estimate of drug-likeness (QED) is 0.252. The maximum absolute atomic E-state index is 14.1. The minimum absolute atomic E-state index is 0.188. The van der Waals surface area contributed by atoms with E-state index in [0.717, 1.165) is 22.6 Å². The molecule has 0 saturated heterocycles. The fraction of sp³-hybridized carbons (Fsp3) is 0.258. The van der Waals surface area contributed by atoms with E-state index in [1.807, 2.05) is 44.2 Å². The van der Waals surface area contributed by atoms with Crippen molar-refractivity contribution in [2.24, 2.45) is 4.99 Å². The molecule has 0 saturated carbocycles. The molecule has 218 valence electrons. The molecule has 3 heterocycles. The maximum atomic E-state index is 14.1. The number of thiazole rings is 1. The molecular weight excluding hydrogens is 597 g/mol. The molecule has 0 radical (unpaired) electrons. The number of hydrogen-bond donors (Lipinski definition) is 0. The molecule has 2 aromatic heterocycles. The second-order valence-corrected chi connectivity index (χ2v) is 11.5. The lowest BCUT2D eigenvalue weighted by Gasteiger charge is -2.25. The van der Waals surface area contributed by atoms with Gasteiger partial charge in [0.25, 0.3) is 5.56 Å². The molecule has 5 rings (SSSR count). The second-order valence-electron chi connectivity index (χ2n) is 9.68. The Labute approximate surface area is 256 Å². The van der Waals surface area contributed by atoms with Gasteiger partial charge in [0.15, 0.2) is 16.3 Å². The zero-order valence-corrected chi connectivity index (χ0v) is 26.3. The number of ether oxygens (including phenoxy) is 3. The highest BCUT2D eigenvalue weighted by atomic mass is 35.5. The summed E-state index contributed by atoms with van der Waals surface area (Å²) in [6, 6.07) is 12.0. The fourth-order valence-corrected chi connectivity index (χ4v) is 6.56. The number of benzene rings is 2. The van der Waals surface area contributed by atoms with Crippen molar-refractivity contribution in [1.29, 1.82) is 0 Å². The number of esters is 1. The number of carbonyl (C=O) groups excluding carboxylic acids is 1. The lowest BCUT2D eigenvalue weighted by Crippen LogP contribution is -2.40. The van der Waals surface area contributed by atoms with E-state index in [2.05, 4.69) is 9.56 Å². The number of methoxy groups -OCH3 is 2. The Bertz CT molecular complexity index is 1940. The highest BCUT2D eigenvalue weighted by Gasteiger charge is 2.34. The summed E-state index contributed by atoms with van der Waals surface area (Å²) in [5.74, 6) is 0.479. The molecule has 0 bridgehead atoms. The van der Waals surface area contributed by atoms with Crippen LogP contribution in [0.3, 0.4) is 0 Å². The molecule has 0 unspecified atom stereocenters. The molecule has 8 nitrogen and oxygen atoms in total. The average molecular weight is 627 g/mol. The topological polar surface area (TPSA) is 84.1 Å². The highest BCUT2D eigenvalue weighted by molar-refractivity contribution is 7.07. The SMILES string of the molecule is CCOC(=O)C1=C(C)N=c2s/c(=C/c3cc(C)n(-c4ccc(Cl)c(Cl)c4)c3C)c(=O)n2[C@H]1c1ccc(OC)c(OC)c1. The third kappa shape index (κ3) is 5.17. The molecule has 0 fully saturated rings. The zero-order chi connectivity index (χ0) is 30.3. The smallest absolute Gasteiger partial charge is 0.338 e. The van der Waals surface area contributed by atoms with E-state index >= 15 is 0 Å². The van der Waals surface area contributed by atoms with Crippen LogP contribution in [0.25, 0.3) is 11.8 Å². The van der Waals surface area contributed by atoms with Crippen LogP contribution in [0, 0.1) is 13.8 Å². The standard InChI is InChI=1S/C31H29Cl2N3O5S/c1-7-41-30(38)27-17(3)34-31-36(28(27)19-8-11-24(39-5)25(13-19)40-6)29(37)26(42-31)14-20-12-16(2)35(18(20)4)21-9-10-22(32)23(33)15-21/h8-15,28H,7H2,1-6H3/b26-14+/t28-/m0/s1. The van der Waals surface area contributed by atoms with E-state index in [9.17, 15) is 9.59 Å². The number of aryl methyl sites for hydroxylation is 1. The first-order valence-corrected chi connectivity index (χ1v) is 14.7. The Hall–Kier alpha value is -3.79. The van der Waals surface area contributed by atoms with Crippen molar-refractivity contribution < 1.29 is 19.0 Å². The van der Waals surface area contributed by atoms with Crippen molar-refractivity contribution in [1.82, 2.24) is 9.13 Å². The van der Waals surface area contributed by atoms with Crippen LogP contribution in [0.4, 0.5) is 0 Å². The summed E-state index contributed by atoms with van der Waals surface area (Å²) in [7, 11) is 3.09. The van der Waals surface area contributed by atoms with E-state index in [-0.39, 0.29) is 12.2 Å². The van der Waals surface area contributed by atoms with Gasteiger partial charge in [-0.1, -0.05) is 40.6 Å². The lowest BCUT2D eigenvalue weighted by atomic mass is 9.95. The predicted molar refractivity (Wildman–Crippen MR) is 165 cm³/mol. The number of halogens is 2. The molecule has 0 aliphatic carbocycles. The van der Waals surface area contributed by atoms with Gasteiger partial charge in [0, 0.05) is 17.1 Å². The molecule has 0 N–H and O–H groups in total. The molecule has 0 spiro atoms. The predicted octanol–water partition coefficient (Wildman–Crippen LogP) is 5.53. The lowest BCUT2D eigenvalue weighted by molar-refractivity contribution is -0.139. The summed E-state index contributed by atoms with van der Waals surface area (Å²) >= 11 is 13.7. The molecular formula is C31H29Cl2N3O5S. The molecule has 1 aliphatic rings. The molecule has 0 amide bonds. The Kier molecular flexibility index (Phi) is 8.37. The first kappa shape index (κ1) is 29.7. The van der Waals surface area contributed by atoms with Gasteiger partial charge in [-0.05, 0) is 81.3 Å². The molecule has 42 heavy (non-hydrogen) atoms. The molecule has 1 atom stereocenters. The van der Waals surface area contributed by atoms with E-state index in [0.29, 0.717) is 47.7 Å². The van der Waals surface area contributed by atoms with Gasteiger partial charge in [-0.3, -0.25) is 9.36 Å². The van der Waals surface area contributed by atoms with E-state index < -0.39 is 12.0 Å². The maximum Gasteiger partial charge on any atom is 0.338 e. The number of allylic oxidation sites excluding steroid dienone is 1. The van der Waals surface area contributed by atoms with Crippen molar-refractivity contribution in [3.05, 3.63) is 106 Å². The van der Waals surface area contributed by atoms with E-state index in [1.54, 1.807) is 43.7 Å². The normalized spacial score (nSPS) is 15.0. The van der Waals surface area contributed by atoms with Crippen LogP contribution < -0.4 is 24.4 Å². The summed E-state index contributed by atoms with van der Waals surface area (Å²) < 4.78 is 20.4. The first-order chi connectivity index (χ1) is 20.1. The van der Waals surface area contributed by atoms with Gasteiger partial charge >= 0.3 is 5.97 Å². The summed E-state index contributed by atoms with van der Waals surface area (Å²) in [5, 5.41) is 0.935. The van der Waals surface area contributed by atoms with Gasteiger partial charge < -0.3 is 18.8 Å². The first-order valence-electron chi connectivity index (χ1n) is 13.2. The average Bonchev–Trinajstić information content (AvgIpc) is 3.42. The van der Waals surface area contributed by atoms with Gasteiger partial charge in [0.05, 0.1) is 52.7 Å². The third-order valence-corrected chi connectivity index (χ3v) is 8.88. The van der Waals surface area contributed by atoms with Crippen LogP contribution in [0.2, 0.25) is 10.0 Å². The summed E-state index contributed by atoms with van der Waals surface area (Å²) in [6.45, 7) is 7.65. The van der Waals surface area contributed by atoms with Gasteiger partial charge in [-0.2, -0.15) is 0 Å². The minimum Gasteiger partial charge on any atom is -0.493 e. The summed E-state index contributed by atoms with van der Waals surface area (Å²) in [6.07, 6.45) is 1.86. The van der Waals surface area contributed by atoms with Gasteiger partial charge in [-0.15, -0.1) is 0 Å². The van der Waals surface area contributed by atoms with Crippen LogP contribution in [0.5, 0.6) is 11.5 Å². The Morgan fingerprint density at radius 1 is 1.02 bits per heavy atom. The van der Waals surface area contributed by atoms with Crippen LogP contribution in [-0.2, 0) is 9.53 Å². The fourth-order valence-electron chi connectivity index (χ4n) is 5.23. The molecule has 2 aromatic carbocycles. The van der Waals surface area contributed by atoms with Crippen LogP contribution >= 0.6 is 34.5 Å². The Balaban J connectivity index is 1.70. The summed E-state index contributed by atoms with van der Waals surface area (Å²) in [5.41, 5.74) is 4.80. The monoisotopic (exact) mass is 625 g/mol. The van der Waals surface area contributed by atoms with Crippen molar-refractivity contribution in [3.63, 3.8) is 0 Å². The van der Waals surface area contributed by atoms with Crippen LogP contribution in [-0.4, -0.2) is 35.9 Å². The minimum atomic E-state index is -0.772. The van der Waals surface area contributed by atoms with Crippen molar-refractivity contribution >= 4 is 46.6 Å². The summed E-state index contributed by atoms with van der Waals surface area (Å²) in [4.78, 5) is 32.4. The van der Waals surface area contributed by atoms with Crippen molar-refractivity contribution in [3.8, 4) is 17.2 Å². The van der Waals surface area contributed by atoms with Gasteiger partial charge in [-0.25, -0.2) is 9.79 Å². The Morgan fingerprint density at radius 2 is 1.76 bits per heavy atom. The van der Waals surface area contributed by atoms with Crippen LogP contribution in [0.1, 0.15) is 42.4 Å². The number of fused-ring (bicyclic) bond motifs is 1.